The van der Waals surface area contributed by atoms with Crippen molar-refractivity contribution in [3.05, 3.63) is 59.7 Å². The summed E-state index contributed by atoms with van der Waals surface area (Å²) in [5.74, 6) is 0.244. The molecule has 7 nitrogen and oxygen atoms in total. The predicted molar refractivity (Wildman–Crippen MR) is 110 cm³/mol. The average molecular weight is 395 g/mol. The largest absolute Gasteiger partial charge is 0.497 e. The van der Waals surface area contributed by atoms with Gasteiger partial charge in [0.1, 0.15) is 5.75 Å². The van der Waals surface area contributed by atoms with Crippen molar-refractivity contribution in [1.82, 2.24) is 10.2 Å². The van der Waals surface area contributed by atoms with E-state index in [1.165, 1.54) is 6.92 Å². The zero-order valence-corrected chi connectivity index (χ0v) is 16.6. The molecule has 1 aliphatic rings. The molecule has 0 radical (unpaired) electrons. The molecule has 0 aliphatic carbocycles. The van der Waals surface area contributed by atoms with Crippen LogP contribution in [-0.2, 0) is 4.79 Å². The summed E-state index contributed by atoms with van der Waals surface area (Å²) >= 11 is 0. The molecule has 0 bridgehead atoms. The molecule has 0 saturated carbocycles. The van der Waals surface area contributed by atoms with E-state index in [-0.39, 0.29) is 23.8 Å². The molecule has 3 rings (SSSR count). The van der Waals surface area contributed by atoms with E-state index >= 15 is 0 Å². The number of likely N-dealkylation sites (tertiary alicyclic amines) is 1. The minimum absolute atomic E-state index is 0.0171. The van der Waals surface area contributed by atoms with Crippen molar-refractivity contribution >= 4 is 23.4 Å². The molecule has 2 N–H and O–H groups in total. The van der Waals surface area contributed by atoms with Gasteiger partial charge in [-0.1, -0.05) is 12.1 Å². The van der Waals surface area contributed by atoms with Crippen LogP contribution in [0.2, 0.25) is 0 Å². The minimum Gasteiger partial charge on any atom is -0.497 e. The van der Waals surface area contributed by atoms with Crippen LogP contribution in [0.4, 0.5) is 5.69 Å². The lowest BCUT2D eigenvalue weighted by Gasteiger charge is -2.32. The highest BCUT2D eigenvalue weighted by Crippen LogP contribution is 2.18. The number of ether oxygens (including phenoxy) is 1. The second-order valence-corrected chi connectivity index (χ2v) is 7.03. The number of methoxy groups -OCH3 is 1. The molecule has 0 spiro atoms. The number of piperidine rings is 1. The lowest BCUT2D eigenvalue weighted by Crippen LogP contribution is -2.46. The van der Waals surface area contributed by atoms with Crippen molar-refractivity contribution in [1.29, 1.82) is 0 Å². The second kappa shape index (κ2) is 9.23. The predicted octanol–water partition coefficient (Wildman–Crippen LogP) is 2.69. The van der Waals surface area contributed by atoms with Gasteiger partial charge in [0.05, 0.1) is 7.11 Å². The van der Waals surface area contributed by atoms with Gasteiger partial charge in [0.25, 0.3) is 11.8 Å². The quantitative estimate of drug-likeness (QED) is 0.815. The van der Waals surface area contributed by atoms with Crippen LogP contribution in [0, 0.1) is 0 Å². The first-order valence-electron chi connectivity index (χ1n) is 9.58. The molecule has 1 saturated heterocycles. The van der Waals surface area contributed by atoms with Gasteiger partial charge in [0.15, 0.2) is 0 Å². The van der Waals surface area contributed by atoms with Crippen molar-refractivity contribution in [2.75, 3.05) is 25.5 Å². The molecule has 3 amide bonds. The van der Waals surface area contributed by atoms with Crippen LogP contribution in [0.1, 0.15) is 40.5 Å². The Morgan fingerprint density at radius 2 is 1.69 bits per heavy atom. The summed E-state index contributed by atoms with van der Waals surface area (Å²) in [6.07, 6.45) is 1.37. The van der Waals surface area contributed by atoms with Crippen molar-refractivity contribution < 1.29 is 19.1 Å². The molecule has 29 heavy (non-hydrogen) atoms. The highest BCUT2D eigenvalue weighted by molar-refractivity contribution is 5.97. The Kier molecular flexibility index (Phi) is 6.49. The molecule has 2 aromatic rings. The van der Waals surface area contributed by atoms with Crippen LogP contribution >= 0.6 is 0 Å². The van der Waals surface area contributed by atoms with Crippen LogP contribution in [0.3, 0.4) is 0 Å². The zero-order valence-electron chi connectivity index (χ0n) is 16.6. The smallest absolute Gasteiger partial charge is 0.253 e. The fourth-order valence-corrected chi connectivity index (χ4v) is 3.38. The Labute approximate surface area is 170 Å². The Hall–Kier alpha value is -3.35. The molecule has 1 fully saturated rings. The fourth-order valence-electron chi connectivity index (χ4n) is 3.38. The first kappa shape index (κ1) is 20.4. The second-order valence-electron chi connectivity index (χ2n) is 7.03. The van der Waals surface area contributed by atoms with Gasteiger partial charge >= 0.3 is 0 Å². The monoisotopic (exact) mass is 395 g/mol. The van der Waals surface area contributed by atoms with Crippen molar-refractivity contribution in [2.24, 2.45) is 0 Å². The maximum Gasteiger partial charge on any atom is 0.253 e. The Morgan fingerprint density at radius 3 is 2.38 bits per heavy atom. The summed E-state index contributed by atoms with van der Waals surface area (Å²) < 4.78 is 5.16. The van der Waals surface area contributed by atoms with E-state index in [1.54, 1.807) is 60.5 Å². The molecule has 0 atom stereocenters. The van der Waals surface area contributed by atoms with Gasteiger partial charge < -0.3 is 20.3 Å². The maximum atomic E-state index is 12.8. The number of hydrogen-bond donors (Lipinski definition) is 2. The molecular formula is C22H25N3O4. The number of carbonyl (C=O) groups is 3. The number of nitrogens with zero attached hydrogens (tertiary/aromatic N) is 1. The molecule has 7 heteroatoms. The van der Waals surface area contributed by atoms with Crippen LogP contribution in [-0.4, -0.2) is 48.9 Å². The molecule has 1 aliphatic heterocycles. The number of benzene rings is 2. The van der Waals surface area contributed by atoms with Crippen molar-refractivity contribution in [2.45, 2.75) is 25.8 Å². The number of amides is 3. The van der Waals surface area contributed by atoms with Crippen LogP contribution in [0.15, 0.2) is 48.5 Å². The highest BCUT2D eigenvalue weighted by atomic mass is 16.5. The summed E-state index contributed by atoms with van der Waals surface area (Å²) in [7, 11) is 1.57. The summed E-state index contributed by atoms with van der Waals surface area (Å²) in [6.45, 7) is 2.55. The van der Waals surface area contributed by atoms with Gasteiger partial charge in [0, 0.05) is 42.9 Å². The number of hydrogen-bond acceptors (Lipinski definition) is 4. The van der Waals surface area contributed by atoms with E-state index in [1.807, 2.05) is 0 Å². The van der Waals surface area contributed by atoms with E-state index < -0.39 is 0 Å². The molecule has 0 aromatic heterocycles. The van der Waals surface area contributed by atoms with Crippen LogP contribution < -0.4 is 15.4 Å². The first-order chi connectivity index (χ1) is 14.0. The number of carbonyl (C=O) groups excluding carboxylic acids is 3. The standard InChI is InChI=1S/C22H25N3O4/c1-15(26)23-19-7-3-6-17(13-19)22(28)25-11-9-18(10-12-25)24-21(27)16-5-4-8-20(14-16)29-2/h3-8,13-14,18H,9-12H2,1-2H3,(H,23,26)(H,24,27). The topological polar surface area (TPSA) is 87.7 Å². The zero-order chi connectivity index (χ0) is 20.8. The first-order valence-corrected chi connectivity index (χ1v) is 9.58. The van der Waals surface area contributed by atoms with Gasteiger partial charge in [-0.25, -0.2) is 0 Å². The van der Waals surface area contributed by atoms with Gasteiger partial charge in [-0.3, -0.25) is 14.4 Å². The molecule has 1 heterocycles. The third kappa shape index (κ3) is 5.34. The van der Waals surface area contributed by atoms with E-state index in [4.69, 9.17) is 4.74 Å². The van der Waals surface area contributed by atoms with Gasteiger partial charge in [0.2, 0.25) is 5.91 Å². The average Bonchev–Trinajstić information content (AvgIpc) is 2.73. The van der Waals surface area contributed by atoms with E-state index in [9.17, 15) is 14.4 Å². The molecule has 2 aromatic carbocycles. The van der Waals surface area contributed by atoms with Gasteiger partial charge in [-0.15, -0.1) is 0 Å². The lowest BCUT2D eigenvalue weighted by atomic mass is 10.0. The minimum atomic E-state index is -0.179. The van der Waals surface area contributed by atoms with Crippen molar-refractivity contribution in [3.8, 4) is 5.75 Å². The Morgan fingerprint density at radius 1 is 1.00 bits per heavy atom. The van der Waals surface area contributed by atoms with Crippen molar-refractivity contribution in [3.63, 3.8) is 0 Å². The summed E-state index contributed by atoms with van der Waals surface area (Å²) in [5, 5.41) is 5.73. The third-order valence-electron chi connectivity index (χ3n) is 4.88. The molecule has 152 valence electrons. The van der Waals surface area contributed by atoms with Gasteiger partial charge in [-0.2, -0.15) is 0 Å². The lowest BCUT2D eigenvalue weighted by molar-refractivity contribution is -0.114. The number of rotatable bonds is 5. The maximum absolute atomic E-state index is 12.8. The summed E-state index contributed by atoms with van der Waals surface area (Å²) in [6, 6.07) is 14.0. The molecule has 0 unspecified atom stereocenters. The highest BCUT2D eigenvalue weighted by Gasteiger charge is 2.25. The number of nitrogens with one attached hydrogen (secondary N) is 2. The third-order valence-corrected chi connectivity index (χ3v) is 4.88. The van der Waals surface area contributed by atoms with E-state index in [2.05, 4.69) is 10.6 Å². The normalized spacial score (nSPS) is 14.2. The van der Waals surface area contributed by atoms with Gasteiger partial charge in [-0.05, 0) is 49.2 Å². The molecular weight excluding hydrogens is 370 g/mol. The number of anilines is 1. The van der Waals surface area contributed by atoms with Crippen LogP contribution in [0.5, 0.6) is 5.75 Å². The SMILES string of the molecule is COc1cccc(C(=O)NC2CCN(C(=O)c3cccc(NC(C)=O)c3)CC2)c1. The summed E-state index contributed by atoms with van der Waals surface area (Å²) in [4.78, 5) is 38.2. The Balaban J connectivity index is 1.55. The van der Waals surface area contributed by atoms with Crippen LogP contribution in [0.25, 0.3) is 0 Å². The fraction of sp³-hybridized carbons (Fsp3) is 0.318. The van der Waals surface area contributed by atoms with E-state index in [0.29, 0.717) is 48.5 Å². The Bertz CT molecular complexity index is 904. The van der Waals surface area contributed by atoms with E-state index in [0.717, 1.165) is 0 Å². The summed E-state index contributed by atoms with van der Waals surface area (Å²) in [5.41, 5.74) is 1.69.